The summed E-state index contributed by atoms with van der Waals surface area (Å²) in [5, 5.41) is 9.67. The average molecular weight is 525 g/mol. The molecule has 0 spiro atoms. The zero-order chi connectivity index (χ0) is 27.7. The first kappa shape index (κ1) is 31.3. The topological polar surface area (TPSA) is 152 Å². The minimum absolute atomic E-state index is 0.0657. The number of Topliss-reactive ketones (excluding diaryl/α,β-unsaturated/α-hetero) is 1. The third-order valence-corrected chi connectivity index (χ3v) is 5.26. The van der Waals surface area contributed by atoms with Crippen LogP contribution in [-0.4, -0.2) is 80.3 Å². The van der Waals surface area contributed by atoms with Gasteiger partial charge in [-0.3, -0.25) is 28.7 Å². The fourth-order valence-electron chi connectivity index (χ4n) is 3.64. The van der Waals surface area contributed by atoms with Crippen molar-refractivity contribution < 1.29 is 46.6 Å². The quantitative estimate of drug-likeness (QED) is 0.251. The van der Waals surface area contributed by atoms with Gasteiger partial charge in [0.05, 0.1) is 18.2 Å². The van der Waals surface area contributed by atoms with Gasteiger partial charge in [0, 0.05) is 19.6 Å². The molecule has 0 aromatic heterocycles. The smallest absolute Gasteiger partial charge is 0.382 e. The molecule has 1 heterocycles. The maximum absolute atomic E-state index is 13.0. The van der Waals surface area contributed by atoms with Crippen molar-refractivity contribution in [3.05, 3.63) is 0 Å². The minimum atomic E-state index is -5.06. The van der Waals surface area contributed by atoms with Crippen LogP contribution in [-0.2, 0) is 33.4 Å². The average Bonchev–Trinajstić information content (AvgIpc) is 3.13. The van der Waals surface area contributed by atoms with Crippen LogP contribution < -0.4 is 21.3 Å². The molecule has 14 heteroatoms. The number of carbonyl (C=O) groups is 5. The van der Waals surface area contributed by atoms with Crippen molar-refractivity contribution in [1.29, 1.82) is 0 Å². The van der Waals surface area contributed by atoms with Gasteiger partial charge in [-0.05, 0) is 39.0 Å². The zero-order valence-electron chi connectivity index (χ0n) is 21.0. The second-order valence-electron chi connectivity index (χ2n) is 9.70. The highest BCUT2D eigenvalue weighted by Crippen LogP contribution is 2.20. The van der Waals surface area contributed by atoms with Crippen LogP contribution in [0.5, 0.6) is 0 Å². The van der Waals surface area contributed by atoms with Crippen molar-refractivity contribution in [2.24, 2.45) is 11.8 Å². The third-order valence-electron chi connectivity index (χ3n) is 5.26. The van der Waals surface area contributed by atoms with Gasteiger partial charge in [-0.25, -0.2) is 0 Å². The van der Waals surface area contributed by atoms with E-state index in [0.29, 0.717) is 13.0 Å². The molecule has 0 bridgehead atoms. The molecule has 1 rings (SSSR count). The molecule has 0 saturated carbocycles. The molecule has 3 atom stereocenters. The molecule has 0 radical (unpaired) electrons. The Labute approximate surface area is 207 Å². The Hall–Kier alpha value is -2.74. The summed E-state index contributed by atoms with van der Waals surface area (Å²) in [6, 6.07) is -2.75. The number of alkyl halides is 3. The number of carbonyl (C=O) groups excluding carboxylic acids is 5. The van der Waals surface area contributed by atoms with Crippen LogP contribution in [0, 0.1) is 11.8 Å². The Bertz CT molecular complexity index is 818. The first-order valence-corrected chi connectivity index (χ1v) is 11.5. The van der Waals surface area contributed by atoms with Gasteiger partial charge in [0.25, 0.3) is 0 Å². The fraction of sp³-hybridized carbons (Fsp3) is 0.773. The van der Waals surface area contributed by atoms with Crippen LogP contribution in [0.15, 0.2) is 0 Å². The van der Waals surface area contributed by atoms with E-state index in [4.69, 9.17) is 4.74 Å². The summed E-state index contributed by atoms with van der Waals surface area (Å²) in [7, 11) is 1.42. The van der Waals surface area contributed by atoms with E-state index >= 15 is 0 Å². The second kappa shape index (κ2) is 13.5. The summed E-state index contributed by atoms with van der Waals surface area (Å²) in [6.45, 7) is 5.82. The van der Waals surface area contributed by atoms with Gasteiger partial charge in [0.15, 0.2) is 5.78 Å². The number of rotatable bonds is 13. The summed E-state index contributed by atoms with van der Waals surface area (Å²) in [5.74, 6) is -5.33. The molecule has 0 aromatic rings. The number of halogens is 3. The molecule has 1 saturated heterocycles. The second-order valence-corrected chi connectivity index (χ2v) is 9.70. The monoisotopic (exact) mass is 524 g/mol. The molecule has 1 fully saturated rings. The lowest BCUT2D eigenvalue weighted by Gasteiger charge is -2.27. The van der Waals surface area contributed by atoms with Crippen molar-refractivity contribution in [1.82, 2.24) is 21.3 Å². The number of hydrogen-bond donors (Lipinski definition) is 4. The molecule has 0 aromatic carbocycles. The van der Waals surface area contributed by atoms with Crippen molar-refractivity contribution in [2.75, 3.05) is 26.9 Å². The Balaban J connectivity index is 2.99. The van der Waals surface area contributed by atoms with Gasteiger partial charge in [0.2, 0.25) is 11.8 Å². The summed E-state index contributed by atoms with van der Waals surface area (Å²) < 4.78 is 45.9. The molecule has 1 aliphatic heterocycles. The maximum Gasteiger partial charge on any atom is 0.522 e. The van der Waals surface area contributed by atoms with Crippen LogP contribution in [0.2, 0.25) is 0 Å². The molecule has 206 valence electrons. The van der Waals surface area contributed by atoms with Gasteiger partial charge in [-0.1, -0.05) is 13.8 Å². The van der Waals surface area contributed by atoms with E-state index in [1.165, 1.54) is 7.11 Å². The first-order valence-electron chi connectivity index (χ1n) is 11.5. The first-order chi connectivity index (χ1) is 16.5. The van der Waals surface area contributed by atoms with E-state index < -0.39 is 60.0 Å². The lowest BCUT2D eigenvalue weighted by atomic mass is 9.95. The number of nitrogens with one attached hydrogen (secondary N) is 4. The SMILES string of the molecule is COCC(C)(C)NC(=O)C(=O)N[C@@H](CC(C)C)C(=O)N[C@@H](C[C@@H]1CCNC1=O)C(=O)COC(F)(F)F. The zero-order valence-corrected chi connectivity index (χ0v) is 21.0. The van der Waals surface area contributed by atoms with Crippen LogP contribution in [0.25, 0.3) is 0 Å². The Morgan fingerprint density at radius 2 is 1.72 bits per heavy atom. The summed E-state index contributed by atoms with van der Waals surface area (Å²) >= 11 is 0. The third kappa shape index (κ3) is 11.3. The van der Waals surface area contributed by atoms with Gasteiger partial charge in [-0.2, -0.15) is 0 Å². The molecule has 0 unspecified atom stereocenters. The van der Waals surface area contributed by atoms with Gasteiger partial charge in [0.1, 0.15) is 12.6 Å². The fourth-order valence-corrected chi connectivity index (χ4v) is 3.64. The van der Waals surface area contributed by atoms with E-state index in [2.05, 4.69) is 26.0 Å². The summed E-state index contributed by atoms with van der Waals surface area (Å²) in [6.07, 6.45) is -4.91. The van der Waals surface area contributed by atoms with Crippen LogP contribution in [0.1, 0.15) is 47.0 Å². The summed E-state index contributed by atoms with van der Waals surface area (Å²) in [5.41, 5.74) is -0.878. The number of ether oxygens (including phenoxy) is 2. The highest BCUT2D eigenvalue weighted by Gasteiger charge is 2.36. The number of amides is 4. The van der Waals surface area contributed by atoms with Gasteiger partial charge >= 0.3 is 18.2 Å². The molecule has 4 amide bonds. The lowest BCUT2D eigenvalue weighted by molar-refractivity contribution is -0.321. The van der Waals surface area contributed by atoms with Crippen LogP contribution in [0.3, 0.4) is 0 Å². The number of methoxy groups -OCH3 is 1. The predicted octanol–water partition coefficient (Wildman–Crippen LogP) is 0.175. The van der Waals surface area contributed by atoms with Crippen molar-refractivity contribution in [3.63, 3.8) is 0 Å². The minimum Gasteiger partial charge on any atom is -0.382 e. The van der Waals surface area contributed by atoms with Crippen molar-refractivity contribution in [2.45, 2.75) is 70.9 Å². The predicted molar refractivity (Wildman–Crippen MR) is 120 cm³/mol. The Morgan fingerprint density at radius 1 is 1.08 bits per heavy atom. The Kier molecular flexibility index (Phi) is 11.8. The lowest BCUT2D eigenvalue weighted by Crippen LogP contribution is -2.57. The molecule has 11 nitrogen and oxygen atoms in total. The largest absolute Gasteiger partial charge is 0.522 e. The molecule has 1 aliphatic rings. The van der Waals surface area contributed by atoms with E-state index in [9.17, 15) is 37.1 Å². The number of hydrogen-bond acceptors (Lipinski definition) is 7. The Morgan fingerprint density at radius 3 is 2.22 bits per heavy atom. The highest BCUT2D eigenvalue weighted by molar-refractivity contribution is 6.35. The van der Waals surface area contributed by atoms with Crippen LogP contribution in [0.4, 0.5) is 13.2 Å². The molecular formula is C22H35F3N4O7. The van der Waals surface area contributed by atoms with Gasteiger partial charge < -0.3 is 26.0 Å². The summed E-state index contributed by atoms with van der Waals surface area (Å²) in [4.78, 5) is 62.2. The van der Waals surface area contributed by atoms with Crippen LogP contribution >= 0.6 is 0 Å². The van der Waals surface area contributed by atoms with Crippen molar-refractivity contribution >= 4 is 29.4 Å². The normalized spacial score (nSPS) is 17.8. The van der Waals surface area contributed by atoms with Gasteiger partial charge in [-0.15, -0.1) is 13.2 Å². The maximum atomic E-state index is 13.0. The number of ketones is 1. The highest BCUT2D eigenvalue weighted by atomic mass is 19.4. The molecular weight excluding hydrogens is 489 g/mol. The molecule has 36 heavy (non-hydrogen) atoms. The van der Waals surface area contributed by atoms with E-state index in [1.54, 1.807) is 27.7 Å². The standard InChI is InChI=1S/C22H35F3N4O7/c1-12(2)8-15(28-19(33)20(34)29-21(3,4)11-35-5)18(32)27-14(9-13-6-7-26-17(13)31)16(30)10-36-22(23,24)25/h12-15H,6-11H2,1-5H3,(H,26,31)(H,27,32)(H,28,33)(H,29,34)/t13-,14-,15-/m0/s1. The van der Waals surface area contributed by atoms with Crippen molar-refractivity contribution in [3.8, 4) is 0 Å². The molecule has 0 aliphatic carbocycles. The molecule has 4 N–H and O–H groups in total. The van der Waals surface area contributed by atoms with E-state index in [-0.39, 0.29) is 31.3 Å². The van der Waals surface area contributed by atoms with E-state index in [0.717, 1.165) is 0 Å². The van der Waals surface area contributed by atoms with E-state index in [1.807, 2.05) is 0 Å².